The zero-order valence-corrected chi connectivity index (χ0v) is 22.5. The molecule has 1 aromatic heterocycles. The van der Waals surface area contributed by atoms with E-state index in [0.717, 1.165) is 21.2 Å². The number of aliphatic hydroxyl groups is 2. The van der Waals surface area contributed by atoms with Gasteiger partial charge in [-0.05, 0) is 28.8 Å². The van der Waals surface area contributed by atoms with Gasteiger partial charge in [0.2, 0.25) is 0 Å². The number of fused-ring (bicyclic) bond motifs is 3. The molecule has 0 spiro atoms. The van der Waals surface area contributed by atoms with E-state index in [9.17, 15) is 10.2 Å². The van der Waals surface area contributed by atoms with Crippen molar-refractivity contribution in [2.45, 2.75) is 29.8 Å². The third kappa shape index (κ3) is 3.68. The van der Waals surface area contributed by atoms with E-state index in [2.05, 4.69) is 38.4 Å². The molecular weight excluding hydrogens is 544 g/mol. The molecule has 2 heterocycles. The molecule has 6 rings (SSSR count). The Morgan fingerprint density at radius 1 is 0.974 bits per heavy atom. The Morgan fingerprint density at radius 3 is 2.34 bits per heavy atom. The third-order valence-electron chi connectivity index (χ3n) is 8.00. The lowest BCUT2D eigenvalue weighted by molar-refractivity contribution is -0.152. The molecule has 4 aromatic rings. The maximum atomic E-state index is 12.8. The number of methoxy groups -OCH3 is 1. The fourth-order valence-corrected chi connectivity index (χ4v) is 6.70. The third-order valence-corrected chi connectivity index (χ3v) is 8.53. The van der Waals surface area contributed by atoms with E-state index in [1.54, 1.807) is 12.4 Å². The van der Waals surface area contributed by atoms with E-state index < -0.39 is 23.2 Å². The second-order valence-corrected chi connectivity index (χ2v) is 10.9. The summed E-state index contributed by atoms with van der Waals surface area (Å²) in [5.41, 5.74) is 0.177. The fraction of sp³-hybridized carbons (Fsp3) is 0.258. The van der Waals surface area contributed by atoms with E-state index in [1.807, 2.05) is 72.8 Å². The second kappa shape index (κ2) is 9.82. The number of hydrogen-bond acceptors (Lipinski definition) is 6. The number of nitrogens with one attached hydrogen (secondary N) is 1. The minimum absolute atomic E-state index is 0.382. The summed E-state index contributed by atoms with van der Waals surface area (Å²) in [6, 6.07) is 27.9. The Balaban J connectivity index is 1.53. The fourth-order valence-electron chi connectivity index (χ4n) is 6.44. The van der Waals surface area contributed by atoms with Crippen molar-refractivity contribution < 1.29 is 19.7 Å². The largest absolute Gasteiger partial charge is 0.495 e. The Labute approximate surface area is 230 Å². The van der Waals surface area contributed by atoms with Crippen molar-refractivity contribution in [1.29, 1.82) is 0 Å². The highest BCUT2D eigenvalue weighted by Crippen LogP contribution is 2.69. The summed E-state index contributed by atoms with van der Waals surface area (Å²) in [7, 11) is 1.54. The molecule has 0 bridgehead atoms. The first-order valence-electron chi connectivity index (χ1n) is 12.7. The monoisotopic (exact) mass is 572 g/mol. The van der Waals surface area contributed by atoms with E-state index in [0.29, 0.717) is 30.2 Å². The van der Waals surface area contributed by atoms with E-state index in [1.165, 1.54) is 7.11 Å². The molecule has 0 radical (unpaired) electrons. The molecule has 3 N–H and O–H groups in total. The van der Waals surface area contributed by atoms with Gasteiger partial charge in [-0.1, -0.05) is 88.7 Å². The first kappa shape index (κ1) is 25.1. The lowest BCUT2D eigenvalue weighted by Gasteiger charge is -2.41. The van der Waals surface area contributed by atoms with Crippen molar-refractivity contribution in [3.05, 3.63) is 124 Å². The zero-order chi connectivity index (χ0) is 26.3. The van der Waals surface area contributed by atoms with Crippen LogP contribution in [-0.4, -0.2) is 35.0 Å². The maximum absolute atomic E-state index is 12.8. The highest BCUT2D eigenvalue weighted by Gasteiger charge is 2.76. The van der Waals surface area contributed by atoms with Gasteiger partial charge >= 0.3 is 0 Å². The van der Waals surface area contributed by atoms with E-state index >= 15 is 0 Å². The average molecular weight is 573 g/mol. The molecular formula is C31H29BrN2O4. The quantitative estimate of drug-likeness (QED) is 0.292. The average Bonchev–Trinajstić information content (AvgIpc) is 3.33. The first-order chi connectivity index (χ1) is 18.5. The van der Waals surface area contributed by atoms with Gasteiger partial charge in [0.25, 0.3) is 0 Å². The molecule has 2 aliphatic rings. The predicted molar refractivity (Wildman–Crippen MR) is 148 cm³/mol. The van der Waals surface area contributed by atoms with Crippen molar-refractivity contribution in [2.75, 3.05) is 13.7 Å². The van der Waals surface area contributed by atoms with Crippen LogP contribution in [0.25, 0.3) is 0 Å². The predicted octanol–water partition coefficient (Wildman–Crippen LogP) is 4.89. The second-order valence-electron chi connectivity index (χ2n) is 9.94. The molecule has 194 valence electrons. The standard InChI is InChI=1S/C31H29BrN2O4/c1-37-25-18-34-19-26-28(25)30(36)29(35)24(17-33-16-20-8-4-2-5-9-20)27(21-10-6-3-7-11-21)31(30,38-26)22-12-14-23(32)15-13-22/h2-15,18-19,24,27,29,33,35-36H,16-17H2,1H3. The summed E-state index contributed by atoms with van der Waals surface area (Å²) in [6.07, 6.45) is 1.98. The molecule has 1 aliphatic carbocycles. The first-order valence-corrected chi connectivity index (χ1v) is 13.5. The van der Waals surface area contributed by atoms with Gasteiger partial charge in [0.1, 0.15) is 11.5 Å². The van der Waals surface area contributed by atoms with Crippen molar-refractivity contribution in [3.63, 3.8) is 0 Å². The van der Waals surface area contributed by atoms with Gasteiger partial charge < -0.3 is 25.0 Å². The molecule has 7 heteroatoms. The molecule has 1 aliphatic heterocycles. The van der Waals surface area contributed by atoms with Crippen molar-refractivity contribution >= 4 is 15.9 Å². The van der Waals surface area contributed by atoms with Gasteiger partial charge in [-0.15, -0.1) is 0 Å². The topological polar surface area (TPSA) is 83.8 Å². The number of halogens is 1. The van der Waals surface area contributed by atoms with Gasteiger partial charge in [0.05, 0.1) is 31.2 Å². The van der Waals surface area contributed by atoms with Crippen LogP contribution < -0.4 is 14.8 Å². The SMILES string of the molecule is COc1cncc2c1C1(O)C(O)C(CNCc3ccccc3)C(c3ccccc3)C1(c1ccc(Br)cc1)O2. The number of hydrogen-bond donors (Lipinski definition) is 3. The Bertz CT molecular complexity index is 1420. The van der Waals surface area contributed by atoms with Crippen LogP contribution in [0, 0.1) is 5.92 Å². The highest BCUT2D eigenvalue weighted by atomic mass is 79.9. The van der Waals surface area contributed by atoms with Gasteiger partial charge in [-0.3, -0.25) is 4.98 Å². The van der Waals surface area contributed by atoms with Gasteiger partial charge in [0, 0.05) is 29.4 Å². The lowest BCUT2D eigenvalue weighted by atomic mass is 9.70. The van der Waals surface area contributed by atoms with Crippen molar-refractivity contribution in [1.82, 2.24) is 10.3 Å². The molecule has 5 atom stereocenters. The number of aliphatic hydroxyl groups excluding tert-OH is 1. The molecule has 1 fully saturated rings. The van der Waals surface area contributed by atoms with E-state index in [-0.39, 0.29) is 5.92 Å². The van der Waals surface area contributed by atoms with Crippen LogP contribution >= 0.6 is 15.9 Å². The van der Waals surface area contributed by atoms with Crippen LogP contribution in [0.3, 0.4) is 0 Å². The Hall–Kier alpha value is -3.23. The van der Waals surface area contributed by atoms with Crippen LogP contribution in [0.15, 0.2) is 102 Å². The summed E-state index contributed by atoms with van der Waals surface area (Å²) in [6.45, 7) is 1.10. The summed E-state index contributed by atoms with van der Waals surface area (Å²) in [5.74, 6) is 0.00391. The number of benzene rings is 3. The summed E-state index contributed by atoms with van der Waals surface area (Å²) in [5, 5.41) is 28.5. The number of pyridine rings is 1. The van der Waals surface area contributed by atoms with Gasteiger partial charge in [-0.2, -0.15) is 0 Å². The van der Waals surface area contributed by atoms with Gasteiger partial charge in [-0.25, -0.2) is 0 Å². The molecule has 1 saturated carbocycles. The van der Waals surface area contributed by atoms with Gasteiger partial charge in [0.15, 0.2) is 11.2 Å². The lowest BCUT2D eigenvalue weighted by Crippen LogP contribution is -2.52. The minimum atomic E-state index is -1.80. The number of aromatic nitrogens is 1. The molecule has 6 nitrogen and oxygen atoms in total. The van der Waals surface area contributed by atoms with Crippen LogP contribution in [-0.2, 0) is 17.7 Å². The van der Waals surface area contributed by atoms with E-state index in [4.69, 9.17) is 9.47 Å². The highest BCUT2D eigenvalue weighted by molar-refractivity contribution is 9.10. The summed E-state index contributed by atoms with van der Waals surface area (Å²) in [4.78, 5) is 4.29. The van der Waals surface area contributed by atoms with Crippen LogP contribution in [0.5, 0.6) is 11.5 Å². The molecule has 0 saturated heterocycles. The summed E-state index contributed by atoms with van der Waals surface area (Å²) >= 11 is 3.54. The minimum Gasteiger partial charge on any atom is -0.495 e. The number of rotatable bonds is 7. The Kier molecular flexibility index (Phi) is 6.48. The molecule has 5 unspecified atom stereocenters. The van der Waals surface area contributed by atoms with Crippen molar-refractivity contribution in [2.24, 2.45) is 5.92 Å². The number of ether oxygens (including phenoxy) is 2. The molecule has 3 aromatic carbocycles. The molecule has 38 heavy (non-hydrogen) atoms. The Morgan fingerprint density at radius 2 is 1.66 bits per heavy atom. The van der Waals surface area contributed by atoms with Crippen LogP contribution in [0.2, 0.25) is 0 Å². The smallest absolute Gasteiger partial charge is 0.177 e. The normalized spacial score (nSPS) is 27.4. The van der Waals surface area contributed by atoms with Crippen molar-refractivity contribution in [3.8, 4) is 11.5 Å². The zero-order valence-electron chi connectivity index (χ0n) is 20.9. The van der Waals surface area contributed by atoms with Crippen LogP contribution in [0.1, 0.15) is 28.2 Å². The van der Waals surface area contributed by atoms with Crippen LogP contribution in [0.4, 0.5) is 0 Å². The number of nitrogens with zero attached hydrogens (tertiary/aromatic N) is 1. The summed E-state index contributed by atoms with van der Waals surface area (Å²) < 4.78 is 13.4. The maximum Gasteiger partial charge on any atom is 0.177 e. The molecule has 0 amide bonds.